The van der Waals surface area contributed by atoms with Crippen LogP contribution in [0, 0.1) is 22.9 Å². The highest BCUT2D eigenvalue weighted by atomic mass is 35.5. The number of halogens is 3. The zero-order chi connectivity index (χ0) is 20.4. The molecular formula is C18H13Cl2FN4O3. The quantitative estimate of drug-likeness (QED) is 0.427. The van der Waals surface area contributed by atoms with Gasteiger partial charge in [0.25, 0.3) is 5.69 Å². The van der Waals surface area contributed by atoms with Gasteiger partial charge in [0.1, 0.15) is 17.9 Å². The van der Waals surface area contributed by atoms with E-state index in [1.165, 1.54) is 13.4 Å². The molecule has 1 heterocycles. The van der Waals surface area contributed by atoms with E-state index in [-0.39, 0.29) is 16.5 Å². The van der Waals surface area contributed by atoms with Crippen molar-refractivity contribution in [2.75, 3.05) is 12.4 Å². The molecule has 3 rings (SSSR count). The second-order valence-corrected chi connectivity index (χ2v) is 6.54. The van der Waals surface area contributed by atoms with Gasteiger partial charge in [-0.2, -0.15) is 0 Å². The fourth-order valence-corrected chi connectivity index (χ4v) is 3.13. The van der Waals surface area contributed by atoms with Crippen LogP contribution in [0.15, 0.2) is 36.7 Å². The zero-order valence-corrected chi connectivity index (χ0v) is 16.2. The van der Waals surface area contributed by atoms with Crippen molar-refractivity contribution in [1.82, 2.24) is 9.97 Å². The zero-order valence-electron chi connectivity index (χ0n) is 14.7. The Labute approximate surface area is 169 Å². The number of nitro benzene ring substituents is 1. The van der Waals surface area contributed by atoms with Crippen LogP contribution in [0.3, 0.4) is 0 Å². The molecule has 0 saturated carbocycles. The molecule has 3 aromatic rings. The van der Waals surface area contributed by atoms with Gasteiger partial charge in [0.2, 0.25) is 0 Å². The van der Waals surface area contributed by atoms with Crippen molar-refractivity contribution in [3.8, 4) is 16.9 Å². The van der Waals surface area contributed by atoms with Crippen LogP contribution < -0.4 is 10.1 Å². The number of nitrogens with zero attached hydrogens (tertiary/aromatic N) is 3. The standard InChI is InChI=1S/C18H13Cl2FN4O3/c1-9-16(12-4-3-11(28-2)7-13(12)20)18(23-8-22-9)24-17-14(21)5-10(19)6-15(17)25(26)27/h3-8H,1-2H3,(H,22,23,24). The Balaban J connectivity index is 2.17. The second-order valence-electron chi connectivity index (χ2n) is 5.69. The van der Waals surface area contributed by atoms with Crippen molar-refractivity contribution < 1.29 is 14.1 Å². The summed E-state index contributed by atoms with van der Waals surface area (Å²) in [7, 11) is 1.51. The van der Waals surface area contributed by atoms with E-state index in [1.807, 2.05) is 0 Å². The number of nitro groups is 1. The van der Waals surface area contributed by atoms with Crippen molar-refractivity contribution in [1.29, 1.82) is 0 Å². The van der Waals surface area contributed by atoms with E-state index in [9.17, 15) is 14.5 Å². The first-order valence-electron chi connectivity index (χ1n) is 7.87. The molecule has 0 unspecified atom stereocenters. The predicted octanol–water partition coefficient (Wildman–Crippen LogP) is 5.56. The first kappa shape index (κ1) is 19.8. The van der Waals surface area contributed by atoms with E-state index in [1.54, 1.807) is 25.1 Å². The molecule has 0 aliphatic rings. The SMILES string of the molecule is COc1ccc(-c2c(C)ncnc2Nc2c(F)cc(Cl)cc2[N+](=O)[O-])c(Cl)c1. The minimum Gasteiger partial charge on any atom is -0.497 e. The van der Waals surface area contributed by atoms with Crippen molar-refractivity contribution in [2.45, 2.75) is 6.92 Å². The van der Waals surface area contributed by atoms with Crippen LogP contribution in [0.4, 0.5) is 21.6 Å². The summed E-state index contributed by atoms with van der Waals surface area (Å²) in [6, 6.07) is 7.04. The second kappa shape index (κ2) is 7.95. The Hall–Kier alpha value is -2.97. The monoisotopic (exact) mass is 422 g/mol. The number of rotatable bonds is 5. The first-order valence-corrected chi connectivity index (χ1v) is 8.63. The summed E-state index contributed by atoms with van der Waals surface area (Å²) in [4.78, 5) is 18.9. The molecule has 144 valence electrons. The largest absolute Gasteiger partial charge is 0.497 e. The van der Waals surface area contributed by atoms with E-state index in [2.05, 4.69) is 15.3 Å². The molecule has 0 radical (unpaired) electrons. The highest BCUT2D eigenvalue weighted by Crippen LogP contribution is 2.39. The molecule has 0 bridgehead atoms. The van der Waals surface area contributed by atoms with Crippen LogP contribution in [-0.2, 0) is 0 Å². The lowest BCUT2D eigenvalue weighted by Gasteiger charge is -2.15. The number of hydrogen-bond donors (Lipinski definition) is 1. The third-order valence-electron chi connectivity index (χ3n) is 3.96. The summed E-state index contributed by atoms with van der Waals surface area (Å²) in [5, 5.41) is 14.3. The lowest BCUT2D eigenvalue weighted by Crippen LogP contribution is -2.05. The Kier molecular flexibility index (Phi) is 5.62. The molecule has 0 saturated heterocycles. The molecule has 1 N–H and O–H groups in total. The fraction of sp³-hybridized carbons (Fsp3) is 0.111. The fourth-order valence-electron chi connectivity index (χ4n) is 2.66. The van der Waals surface area contributed by atoms with Crippen LogP contribution in [0.2, 0.25) is 10.0 Å². The van der Waals surface area contributed by atoms with Crippen LogP contribution in [0.5, 0.6) is 5.75 Å². The average Bonchev–Trinajstić information content (AvgIpc) is 2.64. The van der Waals surface area contributed by atoms with E-state index in [4.69, 9.17) is 27.9 Å². The molecule has 0 aliphatic heterocycles. The molecule has 10 heteroatoms. The highest BCUT2D eigenvalue weighted by molar-refractivity contribution is 6.33. The summed E-state index contributed by atoms with van der Waals surface area (Å²) >= 11 is 12.1. The molecule has 0 spiro atoms. The van der Waals surface area contributed by atoms with Crippen molar-refractivity contribution in [3.05, 3.63) is 68.3 Å². The molecule has 0 atom stereocenters. The first-order chi connectivity index (χ1) is 13.3. The third-order valence-corrected chi connectivity index (χ3v) is 4.49. The minimum atomic E-state index is -0.887. The summed E-state index contributed by atoms with van der Waals surface area (Å²) in [6.07, 6.45) is 1.26. The van der Waals surface area contributed by atoms with Gasteiger partial charge in [-0.1, -0.05) is 23.2 Å². The van der Waals surface area contributed by atoms with E-state index in [0.717, 1.165) is 12.1 Å². The maximum absolute atomic E-state index is 14.4. The number of aryl methyl sites for hydroxylation is 1. The maximum atomic E-state index is 14.4. The molecule has 0 fully saturated rings. The van der Waals surface area contributed by atoms with Gasteiger partial charge in [-0.3, -0.25) is 10.1 Å². The number of methoxy groups -OCH3 is 1. The normalized spacial score (nSPS) is 10.6. The van der Waals surface area contributed by atoms with E-state index in [0.29, 0.717) is 27.6 Å². The number of anilines is 2. The summed E-state index contributed by atoms with van der Waals surface area (Å²) in [5.41, 5.74) is 0.687. The lowest BCUT2D eigenvalue weighted by molar-refractivity contribution is -0.384. The average molecular weight is 423 g/mol. The molecule has 0 amide bonds. The highest BCUT2D eigenvalue weighted by Gasteiger charge is 2.23. The van der Waals surface area contributed by atoms with Crippen LogP contribution in [0.1, 0.15) is 5.69 Å². The number of hydrogen-bond acceptors (Lipinski definition) is 6. The van der Waals surface area contributed by atoms with Gasteiger partial charge in [0.05, 0.1) is 27.8 Å². The molecule has 2 aromatic carbocycles. The molecule has 7 nitrogen and oxygen atoms in total. The molecule has 0 aliphatic carbocycles. The summed E-state index contributed by atoms with van der Waals surface area (Å²) < 4.78 is 19.6. The van der Waals surface area contributed by atoms with Gasteiger partial charge < -0.3 is 10.1 Å². The molecule has 28 heavy (non-hydrogen) atoms. The Bertz CT molecular complexity index is 1080. The number of aromatic nitrogens is 2. The Morgan fingerprint density at radius 3 is 2.61 bits per heavy atom. The van der Waals surface area contributed by atoms with Crippen molar-refractivity contribution in [3.63, 3.8) is 0 Å². The number of nitrogens with one attached hydrogen (secondary N) is 1. The van der Waals surface area contributed by atoms with Crippen molar-refractivity contribution in [2.24, 2.45) is 0 Å². The van der Waals surface area contributed by atoms with Crippen LogP contribution in [0.25, 0.3) is 11.1 Å². The molecule has 1 aromatic heterocycles. The van der Waals surface area contributed by atoms with Crippen LogP contribution in [-0.4, -0.2) is 22.0 Å². The Morgan fingerprint density at radius 2 is 1.96 bits per heavy atom. The van der Waals surface area contributed by atoms with E-state index < -0.39 is 16.4 Å². The van der Waals surface area contributed by atoms with Gasteiger partial charge in [-0.15, -0.1) is 0 Å². The predicted molar refractivity (Wildman–Crippen MR) is 105 cm³/mol. The summed E-state index contributed by atoms with van der Waals surface area (Å²) in [5.74, 6) is -0.178. The van der Waals surface area contributed by atoms with Gasteiger partial charge in [-0.05, 0) is 31.2 Å². The van der Waals surface area contributed by atoms with Gasteiger partial charge in [0, 0.05) is 17.2 Å². The third kappa shape index (κ3) is 3.83. The smallest absolute Gasteiger partial charge is 0.297 e. The minimum absolute atomic E-state index is 0.0907. The summed E-state index contributed by atoms with van der Waals surface area (Å²) in [6.45, 7) is 1.72. The van der Waals surface area contributed by atoms with Crippen molar-refractivity contribution >= 4 is 40.4 Å². The maximum Gasteiger partial charge on any atom is 0.297 e. The lowest BCUT2D eigenvalue weighted by atomic mass is 10.0. The molecular weight excluding hydrogens is 410 g/mol. The van der Waals surface area contributed by atoms with Gasteiger partial charge >= 0.3 is 0 Å². The van der Waals surface area contributed by atoms with Gasteiger partial charge in [-0.25, -0.2) is 14.4 Å². The topological polar surface area (TPSA) is 90.2 Å². The van der Waals surface area contributed by atoms with Gasteiger partial charge in [0.15, 0.2) is 11.5 Å². The number of ether oxygens (including phenoxy) is 1. The Morgan fingerprint density at radius 1 is 1.21 bits per heavy atom. The van der Waals surface area contributed by atoms with Crippen LogP contribution >= 0.6 is 23.2 Å². The number of benzene rings is 2. The van der Waals surface area contributed by atoms with E-state index >= 15 is 0 Å².